The predicted molar refractivity (Wildman–Crippen MR) is 105 cm³/mol. The van der Waals surface area contributed by atoms with Gasteiger partial charge in [-0.3, -0.25) is 4.90 Å². The fourth-order valence-electron chi connectivity index (χ4n) is 3.34. The zero-order chi connectivity index (χ0) is 17.9. The normalized spacial score (nSPS) is 19.5. The smallest absolute Gasteiger partial charge is 0.153 e. The van der Waals surface area contributed by atoms with E-state index in [-0.39, 0.29) is 12.1 Å². The van der Waals surface area contributed by atoms with Crippen LogP contribution in [-0.4, -0.2) is 51.3 Å². The van der Waals surface area contributed by atoms with Crippen LogP contribution in [0.5, 0.6) is 0 Å². The maximum atomic E-state index is 6.04. The second-order valence-corrected chi connectivity index (χ2v) is 7.48. The van der Waals surface area contributed by atoms with Crippen LogP contribution in [-0.2, 0) is 11.3 Å². The van der Waals surface area contributed by atoms with E-state index in [1.54, 1.807) is 12.4 Å². The first kappa shape index (κ1) is 17.5. The summed E-state index contributed by atoms with van der Waals surface area (Å²) in [5, 5.41) is 7.82. The largest absolute Gasteiger partial charge is 0.373 e. The lowest BCUT2D eigenvalue weighted by molar-refractivity contribution is -0.0374. The molecule has 1 N–H and O–H groups in total. The standard InChI is InChI=1S/C19H22BrN5O/c1-14(23-19-18-16(20)11-22-25(18)8-7-21-19)17-13-24(9-10-26-17)12-15-5-3-2-4-6-15/h2-8,11,14,17H,9-10,12-13H2,1H3,(H,21,23). The Hall–Kier alpha value is -1.96. The van der Waals surface area contributed by atoms with Crippen molar-refractivity contribution in [3.63, 3.8) is 0 Å². The molecule has 6 nitrogen and oxygen atoms in total. The minimum atomic E-state index is 0.108. The number of hydrogen-bond acceptors (Lipinski definition) is 5. The Bertz CT molecular complexity index is 869. The summed E-state index contributed by atoms with van der Waals surface area (Å²) in [6.45, 7) is 5.70. The van der Waals surface area contributed by atoms with Crippen LogP contribution in [0.2, 0.25) is 0 Å². The van der Waals surface area contributed by atoms with Crippen LogP contribution in [0.3, 0.4) is 0 Å². The number of morpholine rings is 1. The molecule has 0 saturated carbocycles. The highest BCUT2D eigenvalue weighted by Gasteiger charge is 2.26. The Kier molecular flexibility index (Phi) is 5.19. The molecule has 0 amide bonds. The van der Waals surface area contributed by atoms with Crippen LogP contribution in [0.1, 0.15) is 12.5 Å². The van der Waals surface area contributed by atoms with E-state index in [4.69, 9.17) is 4.74 Å². The van der Waals surface area contributed by atoms with E-state index in [0.29, 0.717) is 0 Å². The number of halogens is 1. The van der Waals surface area contributed by atoms with Gasteiger partial charge in [0.15, 0.2) is 5.82 Å². The molecule has 0 spiro atoms. The maximum absolute atomic E-state index is 6.04. The van der Waals surface area contributed by atoms with E-state index in [1.165, 1.54) is 5.56 Å². The Balaban J connectivity index is 1.44. The molecule has 136 valence electrons. The van der Waals surface area contributed by atoms with Crippen molar-refractivity contribution >= 4 is 27.3 Å². The third-order valence-corrected chi connectivity index (χ3v) is 5.32. The van der Waals surface area contributed by atoms with Gasteiger partial charge in [-0.1, -0.05) is 30.3 Å². The molecule has 2 unspecified atom stereocenters. The topological polar surface area (TPSA) is 54.7 Å². The molecule has 2 atom stereocenters. The lowest BCUT2D eigenvalue weighted by Crippen LogP contribution is -2.48. The van der Waals surface area contributed by atoms with Crippen LogP contribution in [0, 0.1) is 0 Å². The predicted octanol–water partition coefficient (Wildman–Crippen LogP) is 3.19. The Labute approximate surface area is 161 Å². The number of rotatable bonds is 5. The molecule has 4 rings (SSSR count). The number of benzene rings is 1. The second kappa shape index (κ2) is 7.73. The number of fused-ring (bicyclic) bond motifs is 1. The van der Waals surface area contributed by atoms with Gasteiger partial charge in [0.2, 0.25) is 0 Å². The van der Waals surface area contributed by atoms with E-state index in [2.05, 4.69) is 73.5 Å². The number of anilines is 1. The number of nitrogens with zero attached hydrogens (tertiary/aromatic N) is 4. The van der Waals surface area contributed by atoms with Crippen molar-refractivity contribution in [3.8, 4) is 0 Å². The van der Waals surface area contributed by atoms with Crippen LogP contribution in [0.15, 0.2) is 53.4 Å². The zero-order valence-electron chi connectivity index (χ0n) is 14.7. The van der Waals surface area contributed by atoms with Crippen LogP contribution < -0.4 is 5.32 Å². The molecule has 0 bridgehead atoms. The van der Waals surface area contributed by atoms with Crippen molar-refractivity contribution in [1.29, 1.82) is 0 Å². The Morgan fingerprint density at radius 1 is 1.35 bits per heavy atom. The summed E-state index contributed by atoms with van der Waals surface area (Å²) >= 11 is 3.55. The molecule has 1 aliphatic rings. The summed E-state index contributed by atoms with van der Waals surface area (Å²) in [6.07, 6.45) is 5.49. The van der Waals surface area contributed by atoms with Gasteiger partial charge < -0.3 is 10.1 Å². The summed E-state index contributed by atoms with van der Waals surface area (Å²) in [7, 11) is 0. The van der Waals surface area contributed by atoms with E-state index in [0.717, 1.165) is 42.0 Å². The molecule has 3 aromatic rings. The minimum Gasteiger partial charge on any atom is -0.373 e. The summed E-state index contributed by atoms with van der Waals surface area (Å²) in [6, 6.07) is 10.7. The fourth-order valence-corrected chi connectivity index (χ4v) is 3.80. The van der Waals surface area contributed by atoms with Crippen molar-refractivity contribution in [3.05, 3.63) is 59.0 Å². The van der Waals surface area contributed by atoms with Gasteiger partial charge in [-0.2, -0.15) is 5.10 Å². The number of hydrogen-bond donors (Lipinski definition) is 1. The second-order valence-electron chi connectivity index (χ2n) is 6.62. The molecule has 0 radical (unpaired) electrons. The van der Waals surface area contributed by atoms with Crippen LogP contribution in [0.4, 0.5) is 5.82 Å². The molecule has 7 heteroatoms. The number of ether oxygens (including phenoxy) is 1. The van der Waals surface area contributed by atoms with Gasteiger partial charge >= 0.3 is 0 Å². The molecular formula is C19H22BrN5O. The highest BCUT2D eigenvalue weighted by Crippen LogP contribution is 2.24. The summed E-state index contributed by atoms with van der Waals surface area (Å²) in [5.41, 5.74) is 2.28. The summed E-state index contributed by atoms with van der Waals surface area (Å²) in [5.74, 6) is 0.813. The van der Waals surface area contributed by atoms with Crippen LogP contribution >= 0.6 is 15.9 Å². The lowest BCUT2D eigenvalue weighted by Gasteiger charge is -2.36. The molecule has 2 aromatic heterocycles. The van der Waals surface area contributed by atoms with Gasteiger partial charge in [0.05, 0.1) is 29.4 Å². The molecule has 1 fully saturated rings. The summed E-state index contributed by atoms with van der Waals surface area (Å²) in [4.78, 5) is 6.94. The SMILES string of the molecule is CC(Nc1nccn2ncc(Br)c12)C1CN(Cc2ccccc2)CCO1. The van der Waals surface area contributed by atoms with Crippen LogP contribution in [0.25, 0.3) is 5.52 Å². The maximum Gasteiger partial charge on any atom is 0.153 e. The first-order chi connectivity index (χ1) is 12.7. The van der Waals surface area contributed by atoms with Gasteiger partial charge in [0, 0.05) is 32.0 Å². The van der Waals surface area contributed by atoms with Crippen molar-refractivity contribution in [2.75, 3.05) is 25.0 Å². The monoisotopic (exact) mass is 415 g/mol. The van der Waals surface area contributed by atoms with E-state index < -0.39 is 0 Å². The molecule has 3 heterocycles. The van der Waals surface area contributed by atoms with Crippen molar-refractivity contribution < 1.29 is 4.74 Å². The van der Waals surface area contributed by atoms with Gasteiger partial charge in [0.1, 0.15) is 5.52 Å². The molecule has 1 aromatic carbocycles. The zero-order valence-corrected chi connectivity index (χ0v) is 16.3. The van der Waals surface area contributed by atoms with Gasteiger partial charge in [0.25, 0.3) is 0 Å². The van der Waals surface area contributed by atoms with Crippen molar-refractivity contribution in [1.82, 2.24) is 19.5 Å². The van der Waals surface area contributed by atoms with Gasteiger partial charge in [-0.05, 0) is 28.4 Å². The van der Waals surface area contributed by atoms with Gasteiger partial charge in [-0.25, -0.2) is 9.50 Å². The molecule has 26 heavy (non-hydrogen) atoms. The molecule has 0 aliphatic carbocycles. The lowest BCUT2D eigenvalue weighted by atomic mass is 10.1. The van der Waals surface area contributed by atoms with Gasteiger partial charge in [-0.15, -0.1) is 0 Å². The Morgan fingerprint density at radius 3 is 3.04 bits per heavy atom. The first-order valence-electron chi connectivity index (χ1n) is 8.83. The number of aromatic nitrogens is 3. The fraction of sp³-hybridized carbons (Fsp3) is 0.368. The van der Waals surface area contributed by atoms with E-state index in [9.17, 15) is 0 Å². The highest BCUT2D eigenvalue weighted by molar-refractivity contribution is 9.10. The average Bonchev–Trinajstić information content (AvgIpc) is 3.05. The molecule has 1 saturated heterocycles. The van der Waals surface area contributed by atoms with E-state index >= 15 is 0 Å². The number of nitrogens with one attached hydrogen (secondary N) is 1. The quantitative estimate of drug-likeness (QED) is 0.693. The third kappa shape index (κ3) is 3.75. The van der Waals surface area contributed by atoms with E-state index in [1.807, 2.05) is 10.7 Å². The van der Waals surface area contributed by atoms with Crippen molar-refractivity contribution in [2.45, 2.75) is 25.6 Å². The first-order valence-corrected chi connectivity index (χ1v) is 9.62. The average molecular weight is 416 g/mol. The third-order valence-electron chi connectivity index (χ3n) is 4.74. The highest BCUT2D eigenvalue weighted by atomic mass is 79.9. The van der Waals surface area contributed by atoms with Crippen molar-refractivity contribution in [2.24, 2.45) is 0 Å². The minimum absolute atomic E-state index is 0.108. The summed E-state index contributed by atoms with van der Waals surface area (Å²) < 4.78 is 8.78. The molecular weight excluding hydrogens is 394 g/mol. The molecule has 1 aliphatic heterocycles. The Morgan fingerprint density at radius 2 is 2.19 bits per heavy atom.